The van der Waals surface area contributed by atoms with Gasteiger partial charge in [0, 0.05) is 6.42 Å². The van der Waals surface area contributed by atoms with Gasteiger partial charge in [-0.2, -0.15) is 0 Å². The molecule has 0 N–H and O–H groups in total. The largest absolute Gasteiger partial charge is 0.479 e. The van der Waals surface area contributed by atoms with Crippen LogP contribution in [-0.2, 0) is 9.53 Å². The highest BCUT2D eigenvalue weighted by atomic mass is 16.6. The Morgan fingerprint density at radius 2 is 2.07 bits per heavy atom. The van der Waals surface area contributed by atoms with Crippen LogP contribution in [-0.4, -0.2) is 18.2 Å². The lowest BCUT2D eigenvalue weighted by Crippen LogP contribution is -2.21. The van der Waals surface area contributed by atoms with Crippen molar-refractivity contribution in [2.75, 3.05) is 0 Å². The van der Waals surface area contributed by atoms with Gasteiger partial charge in [-0.3, -0.25) is 0 Å². The zero-order chi connectivity index (χ0) is 9.97. The minimum absolute atomic E-state index is 0.0313. The van der Waals surface area contributed by atoms with Gasteiger partial charge in [0.05, 0.1) is 0 Å². The first kappa shape index (κ1) is 9.06. The number of hydrogen-bond donors (Lipinski definition) is 0. The molecule has 1 aromatic rings. The number of rotatable bonds is 2. The molecule has 0 amide bonds. The monoisotopic (exact) mass is 192 g/mol. The summed E-state index contributed by atoms with van der Waals surface area (Å²) in [5.41, 5.74) is 0. The molecular weight excluding hydrogens is 180 g/mol. The van der Waals surface area contributed by atoms with E-state index in [-0.39, 0.29) is 12.1 Å². The van der Waals surface area contributed by atoms with Crippen molar-refractivity contribution >= 4 is 5.97 Å². The fourth-order valence-corrected chi connectivity index (χ4v) is 1.48. The topological polar surface area (TPSA) is 35.5 Å². The fraction of sp³-hybridized carbons (Fsp3) is 0.364. The molecule has 0 aromatic heterocycles. The van der Waals surface area contributed by atoms with Crippen molar-refractivity contribution in [3.63, 3.8) is 0 Å². The molecular formula is C11H12O3. The lowest BCUT2D eigenvalue weighted by molar-refractivity contribution is -0.145. The van der Waals surface area contributed by atoms with Crippen LogP contribution in [0.2, 0.25) is 0 Å². The van der Waals surface area contributed by atoms with Crippen molar-refractivity contribution < 1.29 is 14.3 Å². The summed E-state index contributed by atoms with van der Waals surface area (Å²) in [7, 11) is 0. The Balaban J connectivity index is 2.02. The zero-order valence-corrected chi connectivity index (χ0v) is 7.97. The van der Waals surface area contributed by atoms with Gasteiger partial charge in [-0.05, 0) is 19.1 Å². The second kappa shape index (κ2) is 3.70. The van der Waals surface area contributed by atoms with Crippen LogP contribution in [0.15, 0.2) is 30.3 Å². The normalized spacial score (nSPS) is 25.9. The summed E-state index contributed by atoms with van der Waals surface area (Å²) >= 11 is 0. The van der Waals surface area contributed by atoms with E-state index in [1.54, 1.807) is 0 Å². The molecule has 1 heterocycles. The summed E-state index contributed by atoms with van der Waals surface area (Å²) in [5.74, 6) is 0.449. The third-order valence-corrected chi connectivity index (χ3v) is 2.15. The molecule has 1 aliphatic rings. The van der Waals surface area contributed by atoms with Crippen LogP contribution < -0.4 is 4.74 Å². The number of benzene rings is 1. The standard InChI is InChI=1S/C11H12O3/c1-8-7-10(11(12)13-8)14-9-5-3-2-4-6-9/h2-6,8,10H,7H2,1H3/t8-,10-/m0/s1. The predicted molar refractivity (Wildman–Crippen MR) is 51.0 cm³/mol. The molecule has 14 heavy (non-hydrogen) atoms. The molecule has 1 saturated heterocycles. The van der Waals surface area contributed by atoms with Gasteiger partial charge < -0.3 is 9.47 Å². The lowest BCUT2D eigenvalue weighted by atomic mass is 10.2. The predicted octanol–water partition coefficient (Wildman–Crippen LogP) is 1.77. The van der Waals surface area contributed by atoms with Crippen LogP contribution >= 0.6 is 0 Å². The first-order chi connectivity index (χ1) is 6.75. The average Bonchev–Trinajstić information content (AvgIpc) is 2.47. The molecule has 1 aliphatic heterocycles. The van der Waals surface area contributed by atoms with Gasteiger partial charge in [0.15, 0.2) is 6.10 Å². The number of cyclic esters (lactones) is 1. The number of esters is 1. The van der Waals surface area contributed by atoms with Crippen molar-refractivity contribution in [2.24, 2.45) is 0 Å². The van der Waals surface area contributed by atoms with E-state index in [0.717, 1.165) is 0 Å². The van der Waals surface area contributed by atoms with Crippen LogP contribution in [0.4, 0.5) is 0 Å². The van der Waals surface area contributed by atoms with Crippen LogP contribution in [0.25, 0.3) is 0 Å². The smallest absolute Gasteiger partial charge is 0.347 e. The maximum Gasteiger partial charge on any atom is 0.347 e. The molecule has 0 aliphatic carbocycles. The van der Waals surface area contributed by atoms with E-state index in [4.69, 9.17) is 9.47 Å². The molecule has 0 unspecified atom stereocenters. The Morgan fingerprint density at radius 1 is 1.36 bits per heavy atom. The second-order valence-electron chi connectivity index (χ2n) is 3.40. The minimum Gasteiger partial charge on any atom is -0.479 e. The van der Waals surface area contributed by atoms with Crippen LogP contribution in [0, 0.1) is 0 Å². The van der Waals surface area contributed by atoms with Crippen molar-refractivity contribution in [1.29, 1.82) is 0 Å². The lowest BCUT2D eigenvalue weighted by Gasteiger charge is -2.08. The van der Waals surface area contributed by atoms with Crippen LogP contribution in [0.1, 0.15) is 13.3 Å². The molecule has 74 valence electrons. The van der Waals surface area contributed by atoms with Crippen molar-refractivity contribution in [1.82, 2.24) is 0 Å². The van der Waals surface area contributed by atoms with Gasteiger partial charge in [0.2, 0.25) is 0 Å². The number of hydrogen-bond acceptors (Lipinski definition) is 3. The molecule has 0 radical (unpaired) electrons. The number of para-hydroxylation sites is 1. The second-order valence-corrected chi connectivity index (χ2v) is 3.40. The summed E-state index contributed by atoms with van der Waals surface area (Å²) in [6.07, 6.45) is 0.164. The summed E-state index contributed by atoms with van der Waals surface area (Å²) in [4.78, 5) is 11.2. The zero-order valence-electron chi connectivity index (χ0n) is 7.97. The van der Waals surface area contributed by atoms with Gasteiger partial charge in [0.1, 0.15) is 11.9 Å². The highest BCUT2D eigenvalue weighted by Crippen LogP contribution is 2.20. The number of carbonyl (C=O) groups is 1. The van der Waals surface area contributed by atoms with Gasteiger partial charge in [0.25, 0.3) is 0 Å². The van der Waals surface area contributed by atoms with Crippen molar-refractivity contribution in [3.8, 4) is 5.75 Å². The third-order valence-electron chi connectivity index (χ3n) is 2.15. The van der Waals surface area contributed by atoms with Gasteiger partial charge >= 0.3 is 5.97 Å². The maximum atomic E-state index is 11.2. The Hall–Kier alpha value is -1.51. The molecule has 1 aromatic carbocycles. The first-order valence-electron chi connectivity index (χ1n) is 4.68. The molecule has 0 bridgehead atoms. The fourth-order valence-electron chi connectivity index (χ4n) is 1.48. The molecule has 0 spiro atoms. The van der Waals surface area contributed by atoms with Gasteiger partial charge in [-0.25, -0.2) is 4.79 Å². The number of ether oxygens (including phenoxy) is 2. The molecule has 2 atom stereocenters. The molecule has 3 heteroatoms. The first-order valence-corrected chi connectivity index (χ1v) is 4.68. The van der Waals surface area contributed by atoms with E-state index in [1.807, 2.05) is 37.3 Å². The summed E-state index contributed by atoms with van der Waals surface area (Å²) < 4.78 is 10.5. The molecule has 2 rings (SSSR count). The van der Waals surface area contributed by atoms with E-state index in [1.165, 1.54) is 0 Å². The van der Waals surface area contributed by atoms with Gasteiger partial charge in [-0.1, -0.05) is 18.2 Å². The number of carbonyl (C=O) groups excluding carboxylic acids is 1. The van der Waals surface area contributed by atoms with Crippen molar-refractivity contribution in [2.45, 2.75) is 25.6 Å². The van der Waals surface area contributed by atoms with Crippen LogP contribution in [0.3, 0.4) is 0 Å². The Kier molecular flexibility index (Phi) is 2.39. The van der Waals surface area contributed by atoms with Crippen molar-refractivity contribution in [3.05, 3.63) is 30.3 Å². The Morgan fingerprint density at radius 3 is 2.64 bits per heavy atom. The molecule has 0 saturated carbocycles. The van der Waals surface area contributed by atoms with E-state index < -0.39 is 6.10 Å². The molecule has 3 nitrogen and oxygen atoms in total. The Bertz CT molecular complexity index is 321. The van der Waals surface area contributed by atoms with E-state index in [0.29, 0.717) is 12.2 Å². The van der Waals surface area contributed by atoms with E-state index in [9.17, 15) is 4.79 Å². The van der Waals surface area contributed by atoms with E-state index >= 15 is 0 Å². The average molecular weight is 192 g/mol. The SMILES string of the molecule is C[C@H]1C[C@H](Oc2ccccc2)C(=O)O1. The van der Waals surface area contributed by atoms with Crippen LogP contribution in [0.5, 0.6) is 5.75 Å². The summed E-state index contributed by atoms with van der Waals surface area (Å²) in [5, 5.41) is 0. The summed E-state index contributed by atoms with van der Waals surface area (Å²) in [6.45, 7) is 1.87. The van der Waals surface area contributed by atoms with Gasteiger partial charge in [-0.15, -0.1) is 0 Å². The summed E-state index contributed by atoms with van der Waals surface area (Å²) in [6, 6.07) is 9.31. The minimum atomic E-state index is -0.438. The highest BCUT2D eigenvalue weighted by Gasteiger charge is 2.33. The highest BCUT2D eigenvalue weighted by molar-refractivity contribution is 5.77. The maximum absolute atomic E-state index is 11.2. The Labute approximate surface area is 82.6 Å². The molecule has 1 fully saturated rings. The quantitative estimate of drug-likeness (QED) is 0.670. The van der Waals surface area contributed by atoms with E-state index in [2.05, 4.69) is 0 Å². The third kappa shape index (κ3) is 1.87.